The smallest absolute Gasteiger partial charge is 0.273 e. The standard InChI is InChI=1S/C14H18N2O4/c1-20-13-10-12(16(18)19)6-4-11(13)5-7-14(17)15-8-2-3-9-15/h4,6,10H,2-3,5,7-9H2,1H3. The first kappa shape index (κ1) is 14.3. The van der Waals surface area contributed by atoms with Crippen molar-refractivity contribution in [3.8, 4) is 5.75 Å². The van der Waals surface area contributed by atoms with Crippen LogP contribution in [0.15, 0.2) is 18.2 Å². The Kier molecular flexibility index (Phi) is 4.55. The van der Waals surface area contributed by atoms with E-state index in [1.54, 1.807) is 6.07 Å². The fourth-order valence-corrected chi connectivity index (χ4v) is 2.42. The van der Waals surface area contributed by atoms with Crippen LogP contribution in [-0.4, -0.2) is 35.9 Å². The Morgan fingerprint density at radius 2 is 2.10 bits per heavy atom. The van der Waals surface area contributed by atoms with Crippen LogP contribution >= 0.6 is 0 Å². The summed E-state index contributed by atoms with van der Waals surface area (Å²) in [5, 5.41) is 10.7. The molecular formula is C14H18N2O4. The van der Waals surface area contributed by atoms with E-state index in [9.17, 15) is 14.9 Å². The Labute approximate surface area is 117 Å². The molecule has 6 nitrogen and oxygen atoms in total. The summed E-state index contributed by atoms with van der Waals surface area (Å²) in [5.41, 5.74) is 0.821. The van der Waals surface area contributed by atoms with E-state index >= 15 is 0 Å². The molecule has 0 radical (unpaired) electrons. The van der Waals surface area contributed by atoms with Crippen LogP contribution in [0.2, 0.25) is 0 Å². The molecular weight excluding hydrogens is 260 g/mol. The number of benzene rings is 1. The lowest BCUT2D eigenvalue weighted by molar-refractivity contribution is -0.384. The van der Waals surface area contributed by atoms with Crippen molar-refractivity contribution in [3.63, 3.8) is 0 Å². The van der Waals surface area contributed by atoms with E-state index in [1.807, 2.05) is 4.90 Å². The number of carbonyl (C=O) groups is 1. The molecule has 1 aliphatic heterocycles. The number of nitrogens with zero attached hydrogens (tertiary/aromatic N) is 2. The molecule has 1 saturated heterocycles. The number of amides is 1. The first-order valence-corrected chi connectivity index (χ1v) is 6.71. The molecule has 0 spiro atoms. The Hall–Kier alpha value is -2.11. The van der Waals surface area contributed by atoms with Gasteiger partial charge in [0.25, 0.3) is 5.69 Å². The molecule has 1 heterocycles. The number of carbonyl (C=O) groups excluding carboxylic acids is 1. The average Bonchev–Trinajstić information content (AvgIpc) is 2.98. The van der Waals surface area contributed by atoms with Crippen LogP contribution in [0.1, 0.15) is 24.8 Å². The quantitative estimate of drug-likeness (QED) is 0.611. The highest BCUT2D eigenvalue weighted by atomic mass is 16.6. The minimum absolute atomic E-state index is 0.00327. The first-order valence-electron chi connectivity index (χ1n) is 6.71. The van der Waals surface area contributed by atoms with Crippen molar-refractivity contribution in [2.75, 3.05) is 20.2 Å². The predicted molar refractivity (Wildman–Crippen MR) is 73.8 cm³/mol. The van der Waals surface area contributed by atoms with Crippen molar-refractivity contribution >= 4 is 11.6 Å². The fraction of sp³-hybridized carbons (Fsp3) is 0.500. The molecule has 0 aromatic heterocycles. The summed E-state index contributed by atoms with van der Waals surface area (Å²) in [4.78, 5) is 24.1. The van der Waals surface area contributed by atoms with Gasteiger partial charge in [0.15, 0.2) is 0 Å². The summed E-state index contributed by atoms with van der Waals surface area (Å²) < 4.78 is 5.16. The van der Waals surface area contributed by atoms with Crippen LogP contribution in [0, 0.1) is 10.1 Å². The second kappa shape index (κ2) is 6.36. The molecule has 0 atom stereocenters. The molecule has 1 aromatic rings. The summed E-state index contributed by atoms with van der Waals surface area (Å²) >= 11 is 0. The Bertz CT molecular complexity index is 510. The number of non-ortho nitro benzene ring substituents is 1. The molecule has 1 amide bonds. The number of nitro benzene ring substituents is 1. The average molecular weight is 278 g/mol. The van der Waals surface area contributed by atoms with Crippen molar-refractivity contribution < 1.29 is 14.5 Å². The Balaban J connectivity index is 2.01. The molecule has 0 unspecified atom stereocenters. The molecule has 0 N–H and O–H groups in total. The zero-order valence-corrected chi connectivity index (χ0v) is 11.5. The number of hydrogen-bond acceptors (Lipinski definition) is 4. The van der Waals surface area contributed by atoms with Gasteiger partial charge >= 0.3 is 0 Å². The molecule has 108 valence electrons. The molecule has 20 heavy (non-hydrogen) atoms. The molecule has 0 saturated carbocycles. The molecule has 2 rings (SSSR count). The third-order valence-corrected chi connectivity index (χ3v) is 3.55. The highest BCUT2D eigenvalue weighted by Gasteiger charge is 2.18. The Morgan fingerprint density at radius 3 is 2.70 bits per heavy atom. The second-order valence-electron chi connectivity index (χ2n) is 4.84. The maximum atomic E-state index is 12.0. The SMILES string of the molecule is COc1cc([N+](=O)[O-])ccc1CCC(=O)N1CCCC1. The van der Waals surface area contributed by atoms with E-state index < -0.39 is 4.92 Å². The van der Waals surface area contributed by atoms with Gasteiger partial charge < -0.3 is 9.64 Å². The summed E-state index contributed by atoms with van der Waals surface area (Å²) in [6.45, 7) is 1.69. The van der Waals surface area contributed by atoms with Crippen LogP contribution in [0.25, 0.3) is 0 Å². The van der Waals surface area contributed by atoms with Crippen LogP contribution in [0.5, 0.6) is 5.75 Å². The number of ether oxygens (including phenoxy) is 1. The van der Waals surface area contributed by atoms with Gasteiger partial charge in [-0.05, 0) is 30.9 Å². The lowest BCUT2D eigenvalue weighted by Crippen LogP contribution is -2.27. The highest BCUT2D eigenvalue weighted by molar-refractivity contribution is 5.76. The van der Waals surface area contributed by atoms with E-state index in [2.05, 4.69) is 0 Å². The number of hydrogen-bond donors (Lipinski definition) is 0. The number of aryl methyl sites for hydroxylation is 1. The number of likely N-dealkylation sites (tertiary alicyclic amines) is 1. The van der Waals surface area contributed by atoms with Gasteiger partial charge in [-0.25, -0.2) is 0 Å². The van der Waals surface area contributed by atoms with Crippen molar-refractivity contribution in [1.82, 2.24) is 4.90 Å². The van der Waals surface area contributed by atoms with Gasteiger partial charge in [-0.3, -0.25) is 14.9 Å². The molecule has 1 fully saturated rings. The molecule has 1 aromatic carbocycles. The van der Waals surface area contributed by atoms with Gasteiger partial charge in [-0.15, -0.1) is 0 Å². The van der Waals surface area contributed by atoms with Gasteiger partial charge in [-0.1, -0.05) is 0 Å². The van der Waals surface area contributed by atoms with Gasteiger partial charge in [0, 0.05) is 25.6 Å². The highest BCUT2D eigenvalue weighted by Crippen LogP contribution is 2.26. The number of nitro groups is 1. The summed E-state index contributed by atoms with van der Waals surface area (Å²) in [5.74, 6) is 0.608. The molecule has 6 heteroatoms. The van der Waals surface area contributed by atoms with Crippen molar-refractivity contribution in [3.05, 3.63) is 33.9 Å². The minimum Gasteiger partial charge on any atom is -0.496 e. The summed E-state index contributed by atoms with van der Waals surface area (Å²) in [7, 11) is 1.48. The van der Waals surface area contributed by atoms with Crippen LogP contribution < -0.4 is 4.74 Å². The van der Waals surface area contributed by atoms with E-state index in [0.717, 1.165) is 31.5 Å². The van der Waals surface area contributed by atoms with Gasteiger partial charge in [0.2, 0.25) is 5.91 Å². The van der Waals surface area contributed by atoms with Crippen molar-refractivity contribution in [2.24, 2.45) is 0 Å². The molecule has 1 aliphatic rings. The third-order valence-electron chi connectivity index (χ3n) is 3.55. The molecule has 0 aliphatic carbocycles. The normalized spacial score (nSPS) is 14.3. The zero-order chi connectivity index (χ0) is 14.5. The monoisotopic (exact) mass is 278 g/mol. The number of rotatable bonds is 5. The maximum Gasteiger partial charge on any atom is 0.273 e. The molecule has 0 bridgehead atoms. The zero-order valence-electron chi connectivity index (χ0n) is 11.5. The Morgan fingerprint density at radius 1 is 1.40 bits per heavy atom. The van der Waals surface area contributed by atoms with Crippen LogP contribution in [-0.2, 0) is 11.2 Å². The van der Waals surface area contributed by atoms with Gasteiger partial charge in [0.1, 0.15) is 5.75 Å². The largest absolute Gasteiger partial charge is 0.496 e. The second-order valence-corrected chi connectivity index (χ2v) is 4.84. The first-order chi connectivity index (χ1) is 9.61. The van der Waals surface area contributed by atoms with E-state index in [0.29, 0.717) is 18.6 Å². The predicted octanol–water partition coefficient (Wildman–Crippen LogP) is 2.16. The summed E-state index contributed by atoms with van der Waals surface area (Å²) in [6, 6.07) is 4.50. The van der Waals surface area contributed by atoms with Crippen molar-refractivity contribution in [2.45, 2.75) is 25.7 Å². The van der Waals surface area contributed by atoms with Crippen LogP contribution in [0.4, 0.5) is 5.69 Å². The third kappa shape index (κ3) is 3.26. The van der Waals surface area contributed by atoms with Gasteiger partial charge in [0.05, 0.1) is 18.1 Å². The topological polar surface area (TPSA) is 72.7 Å². The minimum atomic E-state index is -0.457. The lowest BCUT2D eigenvalue weighted by Gasteiger charge is -2.15. The van der Waals surface area contributed by atoms with Crippen molar-refractivity contribution in [1.29, 1.82) is 0 Å². The van der Waals surface area contributed by atoms with Crippen LogP contribution in [0.3, 0.4) is 0 Å². The maximum absolute atomic E-state index is 12.0. The summed E-state index contributed by atoms with van der Waals surface area (Å²) in [6.07, 6.45) is 3.10. The number of methoxy groups -OCH3 is 1. The van der Waals surface area contributed by atoms with E-state index in [1.165, 1.54) is 19.2 Å². The fourth-order valence-electron chi connectivity index (χ4n) is 2.42. The lowest BCUT2D eigenvalue weighted by atomic mass is 10.1. The van der Waals surface area contributed by atoms with Gasteiger partial charge in [-0.2, -0.15) is 0 Å². The van der Waals surface area contributed by atoms with E-state index in [4.69, 9.17) is 4.74 Å². The van der Waals surface area contributed by atoms with E-state index in [-0.39, 0.29) is 11.6 Å².